The molecule has 0 bridgehead atoms. The highest BCUT2D eigenvalue weighted by atomic mass is 19.1. The second kappa shape index (κ2) is 7.04. The Labute approximate surface area is 144 Å². The number of halogens is 2. The molecule has 1 saturated heterocycles. The lowest BCUT2D eigenvalue weighted by Gasteiger charge is -2.22. The maximum atomic E-state index is 13.8. The second-order valence-electron chi connectivity index (χ2n) is 6.13. The lowest BCUT2D eigenvalue weighted by molar-refractivity contribution is 0.0716. The fraction of sp³-hybridized carbons (Fsp3) is 0.333. The highest BCUT2D eigenvalue weighted by Gasteiger charge is 2.25. The number of benzene rings is 1. The average molecular weight is 347 g/mol. The van der Waals surface area contributed by atoms with Crippen molar-refractivity contribution < 1.29 is 18.4 Å². The molecular formula is C18H19F2N3O2. The number of nitrogens with zero attached hydrogens (tertiary/aromatic N) is 3. The van der Waals surface area contributed by atoms with E-state index in [1.807, 2.05) is 7.05 Å². The van der Waals surface area contributed by atoms with Gasteiger partial charge in [-0.15, -0.1) is 0 Å². The van der Waals surface area contributed by atoms with E-state index in [-0.39, 0.29) is 11.5 Å². The third-order valence-corrected chi connectivity index (χ3v) is 4.31. The molecule has 1 aliphatic rings. The lowest BCUT2D eigenvalue weighted by Crippen LogP contribution is -2.37. The first kappa shape index (κ1) is 17.1. The maximum absolute atomic E-state index is 13.8. The van der Waals surface area contributed by atoms with Gasteiger partial charge in [-0.1, -0.05) is 0 Å². The molecule has 0 radical (unpaired) electrons. The van der Waals surface area contributed by atoms with Crippen LogP contribution in [0.5, 0.6) is 0 Å². The van der Waals surface area contributed by atoms with Crippen molar-refractivity contribution in [2.75, 3.05) is 26.2 Å². The predicted octanol–water partition coefficient (Wildman–Crippen LogP) is 2.29. The van der Waals surface area contributed by atoms with Crippen LogP contribution in [0.15, 0.2) is 36.7 Å². The molecule has 0 N–H and O–H groups in total. The Hall–Kier alpha value is -2.70. The van der Waals surface area contributed by atoms with Crippen LogP contribution >= 0.6 is 0 Å². The normalized spacial score (nSPS) is 15.2. The second-order valence-corrected chi connectivity index (χ2v) is 6.13. The Morgan fingerprint density at radius 1 is 0.960 bits per heavy atom. The van der Waals surface area contributed by atoms with Gasteiger partial charge in [-0.2, -0.15) is 0 Å². The monoisotopic (exact) mass is 347 g/mol. The number of hydrogen-bond donors (Lipinski definition) is 0. The van der Waals surface area contributed by atoms with Crippen molar-refractivity contribution in [1.29, 1.82) is 0 Å². The van der Waals surface area contributed by atoms with Gasteiger partial charge in [0.25, 0.3) is 11.8 Å². The molecular weight excluding hydrogens is 328 g/mol. The summed E-state index contributed by atoms with van der Waals surface area (Å²) in [6, 6.07) is 4.68. The van der Waals surface area contributed by atoms with Crippen LogP contribution < -0.4 is 0 Å². The number of carbonyl (C=O) groups is 2. The quantitative estimate of drug-likeness (QED) is 0.837. The fourth-order valence-corrected chi connectivity index (χ4v) is 2.97. The lowest BCUT2D eigenvalue weighted by atomic mass is 10.1. The van der Waals surface area contributed by atoms with E-state index in [0.29, 0.717) is 44.2 Å². The zero-order chi connectivity index (χ0) is 18.0. The molecule has 1 aromatic carbocycles. The summed E-state index contributed by atoms with van der Waals surface area (Å²) in [4.78, 5) is 28.2. The van der Waals surface area contributed by atoms with Gasteiger partial charge in [0.05, 0.1) is 11.1 Å². The van der Waals surface area contributed by atoms with Crippen LogP contribution in [0.1, 0.15) is 27.1 Å². The standard InChI is InChI=1S/C18H19F2N3O2/c1-21-8-5-13(12-21)17(24)22-6-2-7-23(10-9-22)18(25)15-4-3-14(19)11-16(15)20/h3-5,8,11-12H,2,6-7,9-10H2,1H3. The number of amides is 2. The van der Waals surface area contributed by atoms with Gasteiger partial charge in [-0.25, -0.2) is 8.78 Å². The topological polar surface area (TPSA) is 45.6 Å². The first-order valence-electron chi connectivity index (χ1n) is 8.11. The van der Waals surface area contributed by atoms with Crippen LogP contribution in [-0.2, 0) is 7.05 Å². The number of hydrogen-bond acceptors (Lipinski definition) is 2. The Balaban J connectivity index is 1.69. The van der Waals surface area contributed by atoms with E-state index in [4.69, 9.17) is 0 Å². The Morgan fingerprint density at radius 2 is 1.64 bits per heavy atom. The number of rotatable bonds is 2. The van der Waals surface area contributed by atoms with Crippen molar-refractivity contribution in [3.05, 3.63) is 59.4 Å². The molecule has 5 nitrogen and oxygen atoms in total. The Bertz CT molecular complexity index is 803. The van der Waals surface area contributed by atoms with Crippen LogP contribution in [0.2, 0.25) is 0 Å². The van der Waals surface area contributed by atoms with E-state index >= 15 is 0 Å². The first-order valence-corrected chi connectivity index (χ1v) is 8.11. The van der Waals surface area contributed by atoms with E-state index in [9.17, 15) is 18.4 Å². The SMILES string of the molecule is Cn1ccc(C(=O)N2CCCN(C(=O)c3ccc(F)cc3F)CC2)c1. The third kappa shape index (κ3) is 3.70. The molecule has 7 heteroatoms. The molecule has 2 aromatic rings. The van der Waals surface area contributed by atoms with Crippen LogP contribution in [0.25, 0.3) is 0 Å². The average Bonchev–Trinajstić information content (AvgIpc) is 2.86. The summed E-state index contributed by atoms with van der Waals surface area (Å²) in [5, 5.41) is 0. The predicted molar refractivity (Wildman–Crippen MR) is 88.2 cm³/mol. The van der Waals surface area contributed by atoms with E-state index in [1.165, 1.54) is 4.90 Å². The molecule has 0 saturated carbocycles. The summed E-state index contributed by atoms with van der Waals surface area (Å²) in [6.07, 6.45) is 4.16. The van der Waals surface area contributed by atoms with Crippen molar-refractivity contribution in [1.82, 2.24) is 14.4 Å². The zero-order valence-corrected chi connectivity index (χ0v) is 13.9. The van der Waals surface area contributed by atoms with Crippen LogP contribution in [0.3, 0.4) is 0 Å². The number of aryl methyl sites for hydroxylation is 1. The van der Waals surface area contributed by atoms with Crippen molar-refractivity contribution in [2.24, 2.45) is 7.05 Å². The molecule has 2 amide bonds. The van der Waals surface area contributed by atoms with Crippen LogP contribution in [0.4, 0.5) is 8.78 Å². The summed E-state index contributed by atoms with van der Waals surface area (Å²) < 4.78 is 28.6. The number of carbonyl (C=O) groups excluding carboxylic acids is 2. The molecule has 0 spiro atoms. The third-order valence-electron chi connectivity index (χ3n) is 4.31. The molecule has 1 fully saturated rings. The Kier molecular flexibility index (Phi) is 4.83. The van der Waals surface area contributed by atoms with Crippen molar-refractivity contribution in [3.8, 4) is 0 Å². The highest BCUT2D eigenvalue weighted by molar-refractivity contribution is 5.95. The Morgan fingerprint density at radius 3 is 2.24 bits per heavy atom. The van der Waals surface area contributed by atoms with Gasteiger partial charge in [0.15, 0.2) is 0 Å². The van der Waals surface area contributed by atoms with Gasteiger partial charge in [0.2, 0.25) is 0 Å². The van der Waals surface area contributed by atoms with E-state index in [2.05, 4.69) is 0 Å². The molecule has 1 aliphatic heterocycles. The van der Waals surface area contributed by atoms with Crippen LogP contribution in [-0.4, -0.2) is 52.4 Å². The molecule has 1 aromatic heterocycles. The highest BCUT2D eigenvalue weighted by Crippen LogP contribution is 2.15. The summed E-state index contributed by atoms with van der Waals surface area (Å²) in [5.41, 5.74) is 0.455. The van der Waals surface area contributed by atoms with E-state index in [0.717, 1.165) is 12.1 Å². The van der Waals surface area contributed by atoms with Crippen molar-refractivity contribution in [3.63, 3.8) is 0 Å². The molecule has 0 aliphatic carbocycles. The molecule has 132 valence electrons. The van der Waals surface area contributed by atoms with Gasteiger partial charge in [0.1, 0.15) is 11.6 Å². The van der Waals surface area contributed by atoms with Crippen LogP contribution in [0, 0.1) is 11.6 Å². The summed E-state index contributed by atoms with van der Waals surface area (Å²) >= 11 is 0. The summed E-state index contributed by atoms with van der Waals surface area (Å²) in [7, 11) is 1.84. The molecule has 0 atom stereocenters. The van der Waals surface area contributed by atoms with Gasteiger partial charge >= 0.3 is 0 Å². The zero-order valence-electron chi connectivity index (χ0n) is 13.9. The summed E-state index contributed by atoms with van der Waals surface area (Å²) in [6.45, 7) is 1.65. The smallest absolute Gasteiger partial charge is 0.256 e. The van der Waals surface area contributed by atoms with Gasteiger partial charge in [0, 0.05) is 51.7 Å². The fourth-order valence-electron chi connectivity index (χ4n) is 2.97. The van der Waals surface area contributed by atoms with E-state index < -0.39 is 17.5 Å². The van der Waals surface area contributed by atoms with Crippen molar-refractivity contribution >= 4 is 11.8 Å². The van der Waals surface area contributed by atoms with E-state index in [1.54, 1.807) is 27.9 Å². The maximum Gasteiger partial charge on any atom is 0.256 e. The summed E-state index contributed by atoms with van der Waals surface area (Å²) in [5.74, 6) is -2.15. The molecule has 2 heterocycles. The molecule has 0 unspecified atom stereocenters. The minimum Gasteiger partial charge on any atom is -0.356 e. The van der Waals surface area contributed by atoms with Gasteiger partial charge in [-0.05, 0) is 24.6 Å². The minimum absolute atomic E-state index is 0.0807. The largest absolute Gasteiger partial charge is 0.356 e. The molecule has 3 rings (SSSR count). The minimum atomic E-state index is -0.869. The number of aromatic nitrogens is 1. The first-order chi connectivity index (χ1) is 12.0. The van der Waals surface area contributed by atoms with Crippen molar-refractivity contribution in [2.45, 2.75) is 6.42 Å². The van der Waals surface area contributed by atoms with Gasteiger partial charge < -0.3 is 14.4 Å². The molecule has 25 heavy (non-hydrogen) atoms. The van der Waals surface area contributed by atoms with Gasteiger partial charge in [-0.3, -0.25) is 9.59 Å².